The smallest absolute Gasteiger partial charge is 0.125 e. The molecule has 0 aromatic heterocycles. The van der Waals surface area contributed by atoms with Crippen molar-refractivity contribution in [1.82, 2.24) is 0 Å². The first-order chi connectivity index (χ1) is 6.74. The van der Waals surface area contributed by atoms with Gasteiger partial charge >= 0.3 is 0 Å². The topological polar surface area (TPSA) is 44.5 Å². The van der Waals surface area contributed by atoms with Crippen molar-refractivity contribution in [3.63, 3.8) is 0 Å². The molecule has 76 valence electrons. The largest absolute Gasteiger partial charge is 0.399 e. The summed E-state index contributed by atoms with van der Waals surface area (Å²) < 4.78 is 23.3. The molecule has 1 heterocycles. The van der Waals surface area contributed by atoms with E-state index in [0.29, 0.717) is 25.5 Å². The van der Waals surface area contributed by atoms with Crippen molar-refractivity contribution >= 4 is 5.69 Å². The van der Waals surface area contributed by atoms with Crippen LogP contribution in [0.5, 0.6) is 0 Å². The van der Waals surface area contributed by atoms with Crippen LogP contribution < -0.4 is 5.73 Å². The minimum atomic E-state index is -0.326. The molecule has 0 aliphatic carbocycles. The first-order valence-corrected chi connectivity index (χ1v) is 4.48. The van der Waals surface area contributed by atoms with Crippen LogP contribution in [0.1, 0.15) is 5.56 Å². The molecular formula is C10H12FNO2. The van der Waals surface area contributed by atoms with Crippen LogP contribution in [0.15, 0.2) is 18.2 Å². The molecule has 1 aromatic rings. The Hall–Kier alpha value is -1.13. The SMILES string of the molecule is Nc1cc(F)cc(COC2COC2)c1. The molecule has 0 saturated carbocycles. The molecule has 0 bridgehead atoms. The minimum absolute atomic E-state index is 0.152. The number of anilines is 1. The van der Waals surface area contributed by atoms with E-state index < -0.39 is 0 Å². The average Bonchev–Trinajstić information content (AvgIpc) is 1.99. The summed E-state index contributed by atoms with van der Waals surface area (Å²) in [6.07, 6.45) is 0.152. The lowest BCUT2D eigenvalue weighted by atomic mass is 10.2. The third-order valence-electron chi connectivity index (χ3n) is 2.07. The van der Waals surface area contributed by atoms with Crippen LogP contribution in [0.3, 0.4) is 0 Å². The number of hydrogen-bond acceptors (Lipinski definition) is 3. The van der Waals surface area contributed by atoms with Gasteiger partial charge in [0.05, 0.1) is 19.8 Å². The van der Waals surface area contributed by atoms with Crippen LogP contribution in [0.4, 0.5) is 10.1 Å². The fraction of sp³-hybridized carbons (Fsp3) is 0.400. The molecule has 0 spiro atoms. The van der Waals surface area contributed by atoms with Crippen LogP contribution in [-0.2, 0) is 16.1 Å². The highest BCUT2D eigenvalue weighted by Gasteiger charge is 2.18. The van der Waals surface area contributed by atoms with Gasteiger partial charge in [0.1, 0.15) is 11.9 Å². The molecule has 2 rings (SSSR count). The van der Waals surface area contributed by atoms with Gasteiger partial charge in [-0.2, -0.15) is 0 Å². The third-order valence-corrected chi connectivity index (χ3v) is 2.07. The number of nitrogens with two attached hydrogens (primary N) is 1. The Morgan fingerprint density at radius 2 is 2.21 bits per heavy atom. The predicted molar refractivity (Wildman–Crippen MR) is 50.2 cm³/mol. The van der Waals surface area contributed by atoms with Crippen molar-refractivity contribution in [2.24, 2.45) is 0 Å². The lowest BCUT2D eigenvalue weighted by Crippen LogP contribution is -2.35. The molecule has 3 nitrogen and oxygen atoms in total. The summed E-state index contributed by atoms with van der Waals surface area (Å²) in [5.74, 6) is -0.326. The van der Waals surface area contributed by atoms with E-state index in [1.807, 2.05) is 0 Å². The maximum absolute atomic E-state index is 12.9. The Labute approximate surface area is 81.6 Å². The Bertz CT molecular complexity index is 306. The normalized spacial score (nSPS) is 16.6. The summed E-state index contributed by atoms with van der Waals surface area (Å²) >= 11 is 0. The van der Waals surface area contributed by atoms with E-state index in [1.165, 1.54) is 12.1 Å². The van der Waals surface area contributed by atoms with Gasteiger partial charge in [-0.15, -0.1) is 0 Å². The van der Waals surface area contributed by atoms with Gasteiger partial charge in [0.25, 0.3) is 0 Å². The molecule has 1 saturated heterocycles. The number of nitrogen functional groups attached to an aromatic ring is 1. The van der Waals surface area contributed by atoms with Crippen molar-refractivity contribution in [2.45, 2.75) is 12.7 Å². The number of benzene rings is 1. The Balaban J connectivity index is 1.94. The average molecular weight is 197 g/mol. The lowest BCUT2D eigenvalue weighted by Gasteiger charge is -2.25. The monoisotopic (exact) mass is 197 g/mol. The number of rotatable bonds is 3. The predicted octanol–water partition coefficient (Wildman–Crippen LogP) is 1.32. The van der Waals surface area contributed by atoms with Crippen LogP contribution in [-0.4, -0.2) is 19.3 Å². The van der Waals surface area contributed by atoms with E-state index in [4.69, 9.17) is 15.2 Å². The Kier molecular flexibility index (Phi) is 2.65. The summed E-state index contributed by atoms with van der Waals surface area (Å²) in [7, 11) is 0. The lowest BCUT2D eigenvalue weighted by molar-refractivity contribution is -0.135. The Morgan fingerprint density at radius 1 is 1.43 bits per heavy atom. The molecule has 1 aromatic carbocycles. The second kappa shape index (κ2) is 3.94. The minimum Gasteiger partial charge on any atom is -0.399 e. The molecule has 0 unspecified atom stereocenters. The number of hydrogen-bond donors (Lipinski definition) is 1. The molecule has 2 N–H and O–H groups in total. The fourth-order valence-corrected chi connectivity index (χ4v) is 1.28. The molecule has 0 atom stereocenters. The molecule has 1 fully saturated rings. The number of ether oxygens (including phenoxy) is 2. The van der Waals surface area contributed by atoms with Gasteiger partial charge < -0.3 is 15.2 Å². The van der Waals surface area contributed by atoms with E-state index >= 15 is 0 Å². The van der Waals surface area contributed by atoms with Gasteiger partial charge in [-0.05, 0) is 23.8 Å². The zero-order valence-corrected chi connectivity index (χ0v) is 7.70. The zero-order chi connectivity index (χ0) is 9.97. The fourth-order valence-electron chi connectivity index (χ4n) is 1.28. The second-order valence-corrected chi connectivity index (χ2v) is 3.36. The van der Waals surface area contributed by atoms with Gasteiger partial charge in [-0.1, -0.05) is 0 Å². The highest BCUT2D eigenvalue weighted by atomic mass is 19.1. The van der Waals surface area contributed by atoms with Crippen LogP contribution >= 0.6 is 0 Å². The van der Waals surface area contributed by atoms with Gasteiger partial charge in [0.2, 0.25) is 0 Å². The van der Waals surface area contributed by atoms with Crippen molar-refractivity contribution in [3.8, 4) is 0 Å². The van der Waals surface area contributed by atoms with E-state index in [0.717, 1.165) is 5.56 Å². The van der Waals surface area contributed by atoms with Gasteiger partial charge in [-0.3, -0.25) is 0 Å². The molecule has 0 radical (unpaired) electrons. The molecule has 4 heteroatoms. The van der Waals surface area contributed by atoms with Gasteiger partial charge in [0.15, 0.2) is 0 Å². The first-order valence-electron chi connectivity index (χ1n) is 4.48. The molecule has 14 heavy (non-hydrogen) atoms. The van der Waals surface area contributed by atoms with Crippen LogP contribution in [0, 0.1) is 5.82 Å². The summed E-state index contributed by atoms with van der Waals surface area (Å²) in [6.45, 7) is 1.64. The van der Waals surface area contributed by atoms with Crippen LogP contribution in [0.25, 0.3) is 0 Å². The zero-order valence-electron chi connectivity index (χ0n) is 7.70. The Morgan fingerprint density at radius 3 is 2.79 bits per heavy atom. The summed E-state index contributed by atoms with van der Waals surface area (Å²) in [4.78, 5) is 0. The summed E-state index contributed by atoms with van der Waals surface area (Å²) in [5.41, 5.74) is 6.68. The molecular weight excluding hydrogens is 185 g/mol. The molecule has 1 aliphatic rings. The highest BCUT2D eigenvalue weighted by Crippen LogP contribution is 2.14. The molecule has 0 amide bonds. The summed E-state index contributed by atoms with van der Waals surface area (Å²) in [5, 5.41) is 0. The van der Waals surface area contributed by atoms with Crippen molar-refractivity contribution in [1.29, 1.82) is 0 Å². The van der Waals surface area contributed by atoms with Crippen molar-refractivity contribution in [3.05, 3.63) is 29.6 Å². The third kappa shape index (κ3) is 2.21. The van der Waals surface area contributed by atoms with E-state index in [1.54, 1.807) is 6.07 Å². The highest BCUT2D eigenvalue weighted by molar-refractivity contribution is 5.41. The first kappa shape index (κ1) is 9.43. The quantitative estimate of drug-likeness (QED) is 0.743. The molecule has 1 aliphatic heterocycles. The maximum Gasteiger partial charge on any atom is 0.125 e. The van der Waals surface area contributed by atoms with E-state index in [2.05, 4.69) is 0 Å². The standard InChI is InChI=1S/C10H12FNO2/c11-8-1-7(2-9(12)3-8)4-14-10-5-13-6-10/h1-3,10H,4-6,12H2. The van der Waals surface area contributed by atoms with E-state index in [9.17, 15) is 4.39 Å². The van der Waals surface area contributed by atoms with Gasteiger partial charge in [0, 0.05) is 5.69 Å². The summed E-state index contributed by atoms with van der Waals surface area (Å²) in [6, 6.07) is 4.43. The van der Waals surface area contributed by atoms with Crippen LogP contribution in [0.2, 0.25) is 0 Å². The maximum atomic E-state index is 12.9. The second-order valence-electron chi connectivity index (χ2n) is 3.36. The number of halogens is 1. The van der Waals surface area contributed by atoms with Crippen molar-refractivity contribution < 1.29 is 13.9 Å². The van der Waals surface area contributed by atoms with Gasteiger partial charge in [-0.25, -0.2) is 4.39 Å². The van der Waals surface area contributed by atoms with Crippen molar-refractivity contribution in [2.75, 3.05) is 18.9 Å². The van der Waals surface area contributed by atoms with E-state index in [-0.39, 0.29) is 11.9 Å².